The lowest BCUT2D eigenvalue weighted by atomic mass is 9.98. The molecule has 0 radical (unpaired) electrons. The van der Waals surface area contributed by atoms with E-state index in [-0.39, 0.29) is 5.75 Å². The molecule has 0 aliphatic rings. The third kappa shape index (κ3) is 5.68. The van der Waals surface area contributed by atoms with Crippen LogP contribution in [0.2, 0.25) is 20.1 Å². The molecule has 0 unspecified atom stereocenters. The molecule has 2 aromatic carbocycles. The molecule has 0 fully saturated rings. The molecule has 0 saturated carbocycles. The summed E-state index contributed by atoms with van der Waals surface area (Å²) in [6.07, 6.45) is 3.75. The van der Waals surface area contributed by atoms with E-state index in [9.17, 15) is 4.79 Å². The molecule has 2 rings (SSSR count). The second-order valence-electron chi connectivity index (χ2n) is 6.01. The minimum absolute atomic E-state index is 0.258. The highest BCUT2D eigenvalue weighted by atomic mass is 35.5. The van der Waals surface area contributed by atoms with E-state index in [1.165, 1.54) is 0 Å². The van der Waals surface area contributed by atoms with Crippen molar-refractivity contribution >= 4 is 52.4 Å². The van der Waals surface area contributed by atoms with Crippen LogP contribution in [0, 0.1) is 0 Å². The van der Waals surface area contributed by atoms with Crippen LogP contribution in [0.1, 0.15) is 45.1 Å². The van der Waals surface area contributed by atoms with E-state index in [0.29, 0.717) is 32.9 Å². The van der Waals surface area contributed by atoms with Crippen LogP contribution in [0.5, 0.6) is 5.75 Å². The van der Waals surface area contributed by atoms with Crippen molar-refractivity contribution in [3.8, 4) is 16.9 Å². The molecule has 0 amide bonds. The van der Waals surface area contributed by atoms with E-state index in [0.717, 1.165) is 36.0 Å². The van der Waals surface area contributed by atoms with Gasteiger partial charge in [0.25, 0.3) is 0 Å². The molecule has 0 atom stereocenters. The fraction of sp³-hybridized carbons (Fsp3) is 0.350. The van der Waals surface area contributed by atoms with Crippen LogP contribution in [-0.2, 0) is 16.1 Å². The molecule has 146 valence electrons. The highest BCUT2D eigenvalue weighted by Gasteiger charge is 2.16. The van der Waals surface area contributed by atoms with Crippen LogP contribution in [0.25, 0.3) is 11.1 Å². The van der Waals surface area contributed by atoms with Gasteiger partial charge in [-0.3, -0.25) is 9.78 Å². The molecule has 0 saturated heterocycles. The van der Waals surface area contributed by atoms with E-state index >= 15 is 0 Å². The van der Waals surface area contributed by atoms with Gasteiger partial charge in [-0.15, -0.1) is 0 Å². The third-order valence-electron chi connectivity index (χ3n) is 4.07. The number of carbonyl (C=O) groups is 1. The number of unbranched alkanes of at least 4 members (excludes halogenated alkanes) is 2. The van der Waals surface area contributed by atoms with Gasteiger partial charge in [-0.05, 0) is 47.7 Å². The van der Waals surface area contributed by atoms with Gasteiger partial charge in [0.1, 0.15) is 0 Å². The van der Waals surface area contributed by atoms with Crippen molar-refractivity contribution in [1.29, 1.82) is 0 Å². The van der Waals surface area contributed by atoms with Gasteiger partial charge < -0.3 is 0 Å². The summed E-state index contributed by atoms with van der Waals surface area (Å²) >= 11 is 24.9. The molecule has 0 aromatic heterocycles. The Balaban J connectivity index is 2.19. The van der Waals surface area contributed by atoms with Crippen molar-refractivity contribution < 1.29 is 14.6 Å². The summed E-state index contributed by atoms with van der Waals surface area (Å²) in [5, 5.41) is 1.43. The Bertz CT molecular complexity index is 821. The van der Waals surface area contributed by atoms with E-state index in [1.54, 1.807) is 24.3 Å². The van der Waals surface area contributed by atoms with E-state index in [4.69, 9.17) is 56.2 Å². The number of hydrogen-bond acceptors (Lipinski definition) is 3. The van der Waals surface area contributed by atoms with Crippen LogP contribution in [0.3, 0.4) is 0 Å². The van der Waals surface area contributed by atoms with Crippen molar-refractivity contribution in [3.63, 3.8) is 0 Å². The fourth-order valence-corrected chi connectivity index (χ4v) is 3.59. The minimum Gasteiger partial charge on any atom is -0.285 e. The Morgan fingerprint density at radius 3 is 2.33 bits per heavy atom. The minimum atomic E-state index is -0.423. The quantitative estimate of drug-likeness (QED) is 0.177. The first-order chi connectivity index (χ1) is 12.9. The summed E-state index contributed by atoms with van der Waals surface area (Å²) in [6, 6.07) is 6.89. The largest absolute Gasteiger partial charge is 0.355 e. The van der Waals surface area contributed by atoms with Gasteiger partial charge in [-0.2, -0.15) is 0 Å². The van der Waals surface area contributed by atoms with Crippen LogP contribution >= 0.6 is 46.4 Å². The summed E-state index contributed by atoms with van der Waals surface area (Å²) < 4.78 is 0. The standard InChI is InChI=1S/C20H20Cl4O3/c1-3-5-6-7-18(25)27-26-17-9-8-12(10-15(17)21)14-11-16(22)20(24)19(23)13(14)4-2/h8-11H,3-7H2,1-2H3. The molecular formula is C20H20Cl4O3. The molecule has 0 spiro atoms. The zero-order valence-corrected chi connectivity index (χ0v) is 18.1. The monoisotopic (exact) mass is 448 g/mol. The van der Waals surface area contributed by atoms with Gasteiger partial charge in [-0.1, -0.05) is 79.2 Å². The SMILES string of the molecule is CCCCCC(=O)OOc1ccc(-c2cc(Cl)c(Cl)c(Cl)c2CC)cc1Cl. The predicted molar refractivity (Wildman–Crippen MR) is 112 cm³/mol. The lowest BCUT2D eigenvalue weighted by Gasteiger charge is -2.14. The first-order valence-corrected chi connectivity index (χ1v) is 10.2. The average molecular weight is 450 g/mol. The van der Waals surface area contributed by atoms with Crippen LogP contribution in [0.15, 0.2) is 24.3 Å². The van der Waals surface area contributed by atoms with E-state index in [1.807, 2.05) is 6.92 Å². The van der Waals surface area contributed by atoms with Crippen LogP contribution in [-0.4, -0.2) is 5.97 Å². The second kappa shape index (κ2) is 10.4. The highest BCUT2D eigenvalue weighted by molar-refractivity contribution is 6.48. The number of benzene rings is 2. The van der Waals surface area contributed by atoms with Gasteiger partial charge in [0, 0.05) is 0 Å². The molecular weight excluding hydrogens is 430 g/mol. The molecule has 0 heterocycles. The van der Waals surface area contributed by atoms with Gasteiger partial charge in [0.2, 0.25) is 0 Å². The van der Waals surface area contributed by atoms with Gasteiger partial charge in [-0.25, -0.2) is 4.79 Å². The number of rotatable bonds is 8. The molecule has 2 aromatic rings. The zero-order chi connectivity index (χ0) is 20.0. The van der Waals surface area contributed by atoms with Crippen molar-refractivity contribution in [1.82, 2.24) is 0 Å². The average Bonchev–Trinajstić information content (AvgIpc) is 2.65. The van der Waals surface area contributed by atoms with Crippen molar-refractivity contribution in [2.75, 3.05) is 0 Å². The van der Waals surface area contributed by atoms with Gasteiger partial charge in [0.05, 0.1) is 26.5 Å². The van der Waals surface area contributed by atoms with Crippen LogP contribution < -0.4 is 4.89 Å². The Morgan fingerprint density at radius 1 is 0.963 bits per heavy atom. The van der Waals surface area contributed by atoms with Crippen molar-refractivity contribution in [2.24, 2.45) is 0 Å². The summed E-state index contributed by atoms with van der Waals surface area (Å²) in [5.74, 6) is -0.165. The summed E-state index contributed by atoms with van der Waals surface area (Å²) in [7, 11) is 0. The highest BCUT2D eigenvalue weighted by Crippen LogP contribution is 2.41. The van der Waals surface area contributed by atoms with Gasteiger partial charge >= 0.3 is 5.97 Å². The Kier molecular flexibility index (Phi) is 8.56. The lowest BCUT2D eigenvalue weighted by Crippen LogP contribution is -2.07. The first kappa shape index (κ1) is 22.2. The van der Waals surface area contributed by atoms with E-state index < -0.39 is 5.97 Å². The molecule has 0 N–H and O–H groups in total. The maximum absolute atomic E-state index is 11.6. The van der Waals surface area contributed by atoms with Gasteiger partial charge in [0.15, 0.2) is 5.75 Å². The summed E-state index contributed by atoms with van der Waals surface area (Å²) in [6.45, 7) is 4.04. The van der Waals surface area contributed by atoms with Crippen molar-refractivity contribution in [3.05, 3.63) is 49.9 Å². The lowest BCUT2D eigenvalue weighted by molar-refractivity contribution is -0.213. The number of hydrogen-bond donors (Lipinski definition) is 0. The molecule has 0 bridgehead atoms. The molecule has 0 aliphatic carbocycles. The fourth-order valence-electron chi connectivity index (χ4n) is 2.62. The maximum Gasteiger partial charge on any atom is 0.355 e. The zero-order valence-electron chi connectivity index (χ0n) is 15.1. The number of carbonyl (C=O) groups excluding carboxylic acids is 1. The maximum atomic E-state index is 11.6. The predicted octanol–water partition coefficient (Wildman–Crippen LogP) is 7.95. The molecule has 3 nitrogen and oxygen atoms in total. The van der Waals surface area contributed by atoms with E-state index in [2.05, 4.69) is 6.92 Å². The number of halogens is 4. The Hall–Kier alpha value is -1.13. The van der Waals surface area contributed by atoms with Crippen LogP contribution in [0.4, 0.5) is 0 Å². The first-order valence-electron chi connectivity index (χ1n) is 8.72. The molecule has 0 aliphatic heterocycles. The third-order valence-corrected chi connectivity index (χ3v) is 5.67. The smallest absolute Gasteiger partial charge is 0.285 e. The Morgan fingerprint density at radius 2 is 1.70 bits per heavy atom. The van der Waals surface area contributed by atoms with Crippen molar-refractivity contribution in [2.45, 2.75) is 46.0 Å². The molecule has 7 heteroatoms. The Labute approximate surface area is 179 Å². The molecule has 27 heavy (non-hydrogen) atoms. The summed E-state index contributed by atoms with van der Waals surface area (Å²) in [5.41, 5.74) is 2.51. The second-order valence-corrected chi connectivity index (χ2v) is 7.58. The topological polar surface area (TPSA) is 35.5 Å². The summed E-state index contributed by atoms with van der Waals surface area (Å²) in [4.78, 5) is 21.6. The normalized spacial score (nSPS) is 10.7.